The van der Waals surface area contributed by atoms with E-state index < -0.39 is 0 Å². The van der Waals surface area contributed by atoms with Crippen LogP contribution in [0.5, 0.6) is 5.75 Å². The van der Waals surface area contributed by atoms with Crippen LogP contribution in [0.15, 0.2) is 41.0 Å². The number of carbonyl (C=O) groups excluding carboxylic acids is 1. The number of furan rings is 1. The molecule has 1 heterocycles. The van der Waals surface area contributed by atoms with E-state index in [1.54, 1.807) is 36.6 Å². The molecule has 0 unspecified atom stereocenters. The van der Waals surface area contributed by atoms with Crippen molar-refractivity contribution in [2.45, 2.75) is 6.54 Å². The molecule has 0 bridgehead atoms. The molecular formula is C13H11Cl2NO3. The molecule has 1 aromatic carbocycles. The van der Waals surface area contributed by atoms with E-state index in [1.165, 1.54) is 0 Å². The third-order valence-electron chi connectivity index (χ3n) is 2.30. The number of benzene rings is 1. The Bertz CT molecular complexity index is 555. The second-order valence-corrected chi connectivity index (χ2v) is 4.54. The first-order valence-electron chi connectivity index (χ1n) is 5.52. The third-order valence-corrected chi connectivity index (χ3v) is 3.04. The Balaban J connectivity index is 1.78. The molecule has 2 rings (SSSR count). The van der Waals surface area contributed by atoms with Gasteiger partial charge in [0, 0.05) is 6.07 Å². The van der Waals surface area contributed by atoms with Gasteiger partial charge in [-0.15, -0.1) is 0 Å². The van der Waals surface area contributed by atoms with Gasteiger partial charge in [0.05, 0.1) is 22.9 Å². The first-order chi connectivity index (χ1) is 9.15. The maximum absolute atomic E-state index is 11.5. The predicted octanol–water partition coefficient (Wildman–Crippen LogP) is 3.28. The molecule has 0 aliphatic heterocycles. The van der Waals surface area contributed by atoms with Crippen LogP contribution in [0.3, 0.4) is 0 Å². The number of ether oxygens (including phenoxy) is 1. The van der Waals surface area contributed by atoms with Crippen LogP contribution < -0.4 is 10.1 Å². The minimum atomic E-state index is -0.248. The zero-order valence-electron chi connectivity index (χ0n) is 9.86. The van der Waals surface area contributed by atoms with Crippen LogP contribution in [0.2, 0.25) is 10.0 Å². The number of carbonyl (C=O) groups is 1. The lowest BCUT2D eigenvalue weighted by atomic mass is 10.3. The molecule has 4 nitrogen and oxygen atoms in total. The van der Waals surface area contributed by atoms with Crippen molar-refractivity contribution >= 4 is 29.1 Å². The number of amides is 1. The summed E-state index contributed by atoms with van der Waals surface area (Å²) in [7, 11) is 0. The Morgan fingerprint density at radius 3 is 2.79 bits per heavy atom. The second-order valence-electron chi connectivity index (χ2n) is 3.72. The average molecular weight is 300 g/mol. The summed E-state index contributed by atoms with van der Waals surface area (Å²) in [4.78, 5) is 11.5. The fourth-order valence-corrected chi connectivity index (χ4v) is 1.65. The molecule has 2 aromatic rings. The lowest BCUT2D eigenvalue weighted by Gasteiger charge is -2.07. The van der Waals surface area contributed by atoms with Crippen molar-refractivity contribution in [2.75, 3.05) is 6.61 Å². The van der Waals surface area contributed by atoms with Gasteiger partial charge in [0.15, 0.2) is 6.61 Å². The molecular weight excluding hydrogens is 289 g/mol. The van der Waals surface area contributed by atoms with Gasteiger partial charge >= 0.3 is 0 Å². The number of rotatable bonds is 5. The van der Waals surface area contributed by atoms with Crippen LogP contribution in [0.25, 0.3) is 0 Å². The minimum absolute atomic E-state index is 0.0985. The molecule has 0 aliphatic rings. The highest BCUT2D eigenvalue weighted by atomic mass is 35.5. The molecule has 0 atom stereocenters. The highest BCUT2D eigenvalue weighted by Crippen LogP contribution is 2.26. The van der Waals surface area contributed by atoms with Gasteiger partial charge in [-0.2, -0.15) is 0 Å². The van der Waals surface area contributed by atoms with Crippen LogP contribution in [0.4, 0.5) is 0 Å². The highest BCUT2D eigenvalue weighted by Gasteiger charge is 2.05. The Morgan fingerprint density at radius 2 is 2.11 bits per heavy atom. The van der Waals surface area contributed by atoms with Crippen LogP contribution >= 0.6 is 23.2 Å². The summed E-state index contributed by atoms with van der Waals surface area (Å²) >= 11 is 11.6. The van der Waals surface area contributed by atoms with E-state index >= 15 is 0 Å². The standard InChI is InChI=1S/C13H11Cl2NO3/c14-11-4-3-9(6-12(11)15)19-8-13(17)16-7-10-2-1-5-18-10/h1-6H,7-8H2,(H,16,17). The zero-order valence-corrected chi connectivity index (χ0v) is 11.4. The molecule has 0 saturated carbocycles. The van der Waals surface area contributed by atoms with Crippen LogP contribution in [0, 0.1) is 0 Å². The minimum Gasteiger partial charge on any atom is -0.484 e. The molecule has 19 heavy (non-hydrogen) atoms. The van der Waals surface area contributed by atoms with Crippen molar-refractivity contribution in [1.82, 2.24) is 5.32 Å². The van der Waals surface area contributed by atoms with Crippen LogP contribution in [0.1, 0.15) is 5.76 Å². The van der Waals surface area contributed by atoms with Gasteiger partial charge in [0.2, 0.25) is 0 Å². The Labute approximate surface area is 120 Å². The van der Waals surface area contributed by atoms with E-state index in [-0.39, 0.29) is 12.5 Å². The van der Waals surface area contributed by atoms with E-state index in [0.717, 1.165) is 0 Å². The van der Waals surface area contributed by atoms with Crippen LogP contribution in [-0.4, -0.2) is 12.5 Å². The molecule has 0 saturated heterocycles. The van der Waals surface area contributed by atoms with E-state index in [4.69, 9.17) is 32.4 Å². The van der Waals surface area contributed by atoms with E-state index in [1.807, 2.05) is 0 Å². The van der Waals surface area contributed by atoms with Crippen molar-refractivity contribution in [2.24, 2.45) is 0 Å². The summed E-state index contributed by atoms with van der Waals surface area (Å²) in [5.74, 6) is 0.924. The molecule has 0 fully saturated rings. The molecule has 0 radical (unpaired) electrons. The van der Waals surface area contributed by atoms with Gasteiger partial charge in [0.1, 0.15) is 11.5 Å². The van der Waals surface area contributed by atoms with Crippen molar-refractivity contribution in [3.63, 3.8) is 0 Å². The lowest BCUT2D eigenvalue weighted by Crippen LogP contribution is -2.28. The monoisotopic (exact) mass is 299 g/mol. The molecule has 1 amide bonds. The fraction of sp³-hybridized carbons (Fsp3) is 0.154. The average Bonchev–Trinajstić information content (AvgIpc) is 2.91. The van der Waals surface area contributed by atoms with Gasteiger partial charge in [-0.05, 0) is 24.3 Å². The quantitative estimate of drug-likeness (QED) is 0.922. The summed E-state index contributed by atoms with van der Waals surface area (Å²) in [5, 5.41) is 3.49. The highest BCUT2D eigenvalue weighted by molar-refractivity contribution is 6.42. The molecule has 0 aliphatic carbocycles. The maximum atomic E-state index is 11.5. The first-order valence-corrected chi connectivity index (χ1v) is 6.27. The van der Waals surface area contributed by atoms with E-state index in [9.17, 15) is 4.79 Å². The van der Waals surface area contributed by atoms with Gasteiger partial charge in [-0.25, -0.2) is 0 Å². The molecule has 1 N–H and O–H groups in total. The summed E-state index contributed by atoms with van der Waals surface area (Å²) in [6, 6.07) is 8.35. The van der Waals surface area contributed by atoms with Crippen LogP contribution in [-0.2, 0) is 11.3 Å². The summed E-state index contributed by atoms with van der Waals surface area (Å²) in [6.45, 7) is 0.231. The third kappa shape index (κ3) is 4.19. The van der Waals surface area contributed by atoms with Gasteiger partial charge < -0.3 is 14.5 Å². The predicted molar refractivity (Wildman–Crippen MR) is 72.5 cm³/mol. The van der Waals surface area contributed by atoms with Crippen molar-refractivity contribution in [3.8, 4) is 5.75 Å². The fourth-order valence-electron chi connectivity index (χ4n) is 1.37. The SMILES string of the molecule is O=C(COc1ccc(Cl)c(Cl)c1)NCc1ccco1. The first kappa shape index (κ1) is 13.8. The number of nitrogens with one attached hydrogen (secondary N) is 1. The van der Waals surface area contributed by atoms with Gasteiger partial charge in [0.25, 0.3) is 5.91 Å². The Hall–Kier alpha value is -1.65. The topological polar surface area (TPSA) is 51.5 Å². The summed E-state index contributed by atoms with van der Waals surface area (Å²) in [5.41, 5.74) is 0. The number of hydrogen-bond donors (Lipinski definition) is 1. The number of hydrogen-bond acceptors (Lipinski definition) is 3. The molecule has 0 spiro atoms. The largest absolute Gasteiger partial charge is 0.484 e. The van der Waals surface area contributed by atoms with Gasteiger partial charge in [-0.3, -0.25) is 4.79 Å². The second kappa shape index (κ2) is 6.50. The zero-order chi connectivity index (χ0) is 13.7. The Kier molecular flexibility index (Phi) is 4.71. The lowest BCUT2D eigenvalue weighted by molar-refractivity contribution is -0.123. The van der Waals surface area contributed by atoms with Gasteiger partial charge in [-0.1, -0.05) is 23.2 Å². The molecule has 1 aromatic heterocycles. The number of halogens is 2. The van der Waals surface area contributed by atoms with E-state index in [0.29, 0.717) is 28.1 Å². The van der Waals surface area contributed by atoms with Crippen molar-refractivity contribution < 1.29 is 13.9 Å². The molecule has 6 heteroatoms. The normalized spacial score (nSPS) is 10.2. The maximum Gasteiger partial charge on any atom is 0.258 e. The molecule has 100 valence electrons. The van der Waals surface area contributed by atoms with Crippen molar-refractivity contribution in [3.05, 3.63) is 52.4 Å². The van der Waals surface area contributed by atoms with E-state index in [2.05, 4.69) is 5.32 Å². The smallest absolute Gasteiger partial charge is 0.258 e. The Morgan fingerprint density at radius 1 is 1.26 bits per heavy atom. The summed E-state index contributed by atoms with van der Waals surface area (Å²) in [6.07, 6.45) is 1.55. The van der Waals surface area contributed by atoms with Crippen molar-refractivity contribution in [1.29, 1.82) is 0 Å². The summed E-state index contributed by atoms with van der Waals surface area (Å²) < 4.78 is 10.4.